The highest BCUT2D eigenvalue weighted by Gasteiger charge is 2.29. The van der Waals surface area contributed by atoms with E-state index in [1.807, 2.05) is 18.2 Å². The molecule has 0 fully saturated rings. The molecule has 128 valence electrons. The molecule has 1 heterocycles. The summed E-state index contributed by atoms with van der Waals surface area (Å²) in [6, 6.07) is 11.1. The Morgan fingerprint density at radius 2 is 2.08 bits per heavy atom. The third kappa shape index (κ3) is 3.92. The average Bonchev–Trinajstić information content (AvgIpc) is 2.57. The van der Waals surface area contributed by atoms with Crippen LogP contribution < -0.4 is 10.6 Å². The second-order valence-corrected chi connectivity index (χ2v) is 6.92. The average molecular weight is 378 g/mol. The number of hydrogen-bond donors (Lipinski definition) is 2. The normalized spacial score (nSPS) is 15.9. The van der Waals surface area contributed by atoms with E-state index in [0.717, 1.165) is 16.6 Å². The molecule has 7 nitrogen and oxygen atoms in total. The van der Waals surface area contributed by atoms with Crippen LogP contribution >= 0.6 is 23.4 Å². The molecule has 9 heteroatoms. The van der Waals surface area contributed by atoms with Crippen molar-refractivity contribution in [3.8, 4) is 0 Å². The zero-order valence-corrected chi connectivity index (χ0v) is 14.3. The zero-order valence-electron chi connectivity index (χ0n) is 12.7. The highest BCUT2D eigenvalue weighted by molar-refractivity contribution is 8.01. The molecular formula is C16H12ClN3O4S. The Morgan fingerprint density at radius 3 is 2.80 bits per heavy atom. The minimum atomic E-state index is -0.571. The minimum Gasteiger partial charge on any atom is -0.325 e. The van der Waals surface area contributed by atoms with E-state index in [1.54, 1.807) is 6.07 Å². The molecule has 2 aromatic carbocycles. The monoisotopic (exact) mass is 377 g/mol. The number of amides is 2. The maximum Gasteiger partial charge on any atom is 0.271 e. The molecule has 0 bridgehead atoms. The molecule has 2 N–H and O–H groups in total. The van der Waals surface area contributed by atoms with Gasteiger partial charge < -0.3 is 10.6 Å². The summed E-state index contributed by atoms with van der Waals surface area (Å²) in [5, 5.41) is 15.5. The van der Waals surface area contributed by atoms with Crippen LogP contribution in [0.5, 0.6) is 0 Å². The van der Waals surface area contributed by atoms with E-state index < -0.39 is 16.1 Å². The summed E-state index contributed by atoms with van der Waals surface area (Å²) in [6.07, 6.45) is -0.0435. The van der Waals surface area contributed by atoms with Crippen molar-refractivity contribution in [3.63, 3.8) is 0 Å². The largest absolute Gasteiger partial charge is 0.325 e. The first-order valence-electron chi connectivity index (χ1n) is 7.24. The van der Waals surface area contributed by atoms with Crippen molar-refractivity contribution in [2.75, 3.05) is 10.6 Å². The van der Waals surface area contributed by atoms with Gasteiger partial charge in [0, 0.05) is 23.4 Å². The van der Waals surface area contributed by atoms with Gasteiger partial charge in [-0.15, -0.1) is 11.8 Å². The van der Waals surface area contributed by atoms with Gasteiger partial charge in [0.05, 0.1) is 26.6 Å². The quantitative estimate of drug-likeness (QED) is 0.625. The van der Waals surface area contributed by atoms with Crippen molar-refractivity contribution < 1.29 is 14.5 Å². The van der Waals surface area contributed by atoms with E-state index in [-0.39, 0.29) is 28.7 Å². The summed E-state index contributed by atoms with van der Waals surface area (Å²) in [6.45, 7) is 0. The Bertz CT molecular complexity index is 874. The number of anilines is 2. The van der Waals surface area contributed by atoms with Crippen molar-refractivity contribution in [1.82, 2.24) is 0 Å². The molecule has 0 radical (unpaired) electrons. The summed E-state index contributed by atoms with van der Waals surface area (Å²) in [5.41, 5.74) is 0.827. The van der Waals surface area contributed by atoms with Gasteiger partial charge in [-0.05, 0) is 18.2 Å². The molecule has 1 unspecified atom stereocenters. The maximum absolute atomic E-state index is 12.2. The standard InChI is InChI=1S/C16H12ClN3O4S/c17-10-7-9(20(23)24)5-6-11(10)18-15(21)8-14-16(22)19-12-3-1-2-4-13(12)25-14/h1-7,14H,8H2,(H,18,21)(H,19,22). The van der Waals surface area contributed by atoms with Crippen LogP contribution in [0.4, 0.5) is 17.1 Å². The van der Waals surface area contributed by atoms with Gasteiger partial charge in [-0.25, -0.2) is 0 Å². The number of fused-ring (bicyclic) bond motifs is 1. The minimum absolute atomic E-state index is 0.0435. The molecular weight excluding hydrogens is 366 g/mol. The van der Waals surface area contributed by atoms with Gasteiger partial charge in [0.2, 0.25) is 11.8 Å². The highest BCUT2D eigenvalue weighted by atomic mass is 35.5. The van der Waals surface area contributed by atoms with E-state index in [1.165, 1.54) is 23.9 Å². The fraction of sp³-hybridized carbons (Fsp3) is 0.125. The Hall–Kier alpha value is -2.58. The van der Waals surface area contributed by atoms with Crippen molar-refractivity contribution in [1.29, 1.82) is 0 Å². The number of nitro benzene ring substituents is 1. The van der Waals surface area contributed by atoms with Crippen molar-refractivity contribution in [2.24, 2.45) is 0 Å². The Balaban J connectivity index is 1.67. The van der Waals surface area contributed by atoms with Gasteiger partial charge in [0.25, 0.3) is 5.69 Å². The van der Waals surface area contributed by atoms with Crippen LogP contribution in [0.1, 0.15) is 6.42 Å². The number of nitro groups is 1. The molecule has 0 spiro atoms. The molecule has 2 amide bonds. The fourth-order valence-corrected chi connectivity index (χ4v) is 3.65. The second-order valence-electron chi connectivity index (χ2n) is 5.27. The molecule has 0 aliphatic carbocycles. The number of nitrogens with zero attached hydrogens (tertiary/aromatic N) is 1. The van der Waals surface area contributed by atoms with Crippen molar-refractivity contribution in [3.05, 3.63) is 57.6 Å². The van der Waals surface area contributed by atoms with Gasteiger partial charge >= 0.3 is 0 Å². The van der Waals surface area contributed by atoms with E-state index in [0.29, 0.717) is 0 Å². The topological polar surface area (TPSA) is 101 Å². The first-order chi connectivity index (χ1) is 11.9. The molecule has 1 atom stereocenters. The van der Waals surface area contributed by atoms with Crippen LogP contribution in [0.3, 0.4) is 0 Å². The Labute approximate surface area is 151 Å². The molecule has 0 aromatic heterocycles. The molecule has 0 saturated carbocycles. The number of halogens is 1. The van der Waals surface area contributed by atoms with E-state index >= 15 is 0 Å². The second kappa shape index (κ2) is 7.12. The number of carbonyl (C=O) groups excluding carboxylic acids is 2. The Kier molecular flexibility index (Phi) is 4.91. The summed E-state index contributed by atoms with van der Waals surface area (Å²) in [4.78, 5) is 35.4. The van der Waals surface area contributed by atoms with Crippen LogP contribution in [0.2, 0.25) is 5.02 Å². The lowest BCUT2D eigenvalue weighted by Gasteiger charge is -2.23. The molecule has 25 heavy (non-hydrogen) atoms. The van der Waals surface area contributed by atoms with Crippen molar-refractivity contribution in [2.45, 2.75) is 16.6 Å². The molecule has 1 aliphatic rings. The Morgan fingerprint density at radius 1 is 1.32 bits per heavy atom. The fourth-order valence-electron chi connectivity index (χ4n) is 2.32. The maximum atomic E-state index is 12.2. The van der Waals surface area contributed by atoms with E-state index in [4.69, 9.17) is 11.6 Å². The number of benzene rings is 2. The number of thioether (sulfide) groups is 1. The predicted octanol–water partition coefficient (Wildman–Crippen LogP) is 3.69. The van der Waals surface area contributed by atoms with Gasteiger partial charge in [0.15, 0.2) is 0 Å². The number of rotatable bonds is 4. The lowest BCUT2D eigenvalue weighted by atomic mass is 10.2. The molecule has 1 aliphatic heterocycles. The number of nitrogens with one attached hydrogen (secondary N) is 2. The van der Waals surface area contributed by atoms with Crippen LogP contribution in [-0.2, 0) is 9.59 Å². The highest BCUT2D eigenvalue weighted by Crippen LogP contribution is 2.37. The number of non-ortho nitro benzene ring substituents is 1. The van der Waals surface area contributed by atoms with E-state index in [9.17, 15) is 19.7 Å². The number of carbonyl (C=O) groups is 2. The lowest BCUT2D eigenvalue weighted by molar-refractivity contribution is -0.384. The summed E-state index contributed by atoms with van der Waals surface area (Å²) < 4.78 is 0. The molecule has 2 aromatic rings. The number of para-hydroxylation sites is 1. The summed E-state index contributed by atoms with van der Waals surface area (Å²) >= 11 is 7.27. The van der Waals surface area contributed by atoms with Crippen LogP contribution in [-0.4, -0.2) is 22.0 Å². The van der Waals surface area contributed by atoms with Gasteiger partial charge in [0.1, 0.15) is 0 Å². The van der Waals surface area contributed by atoms with Crippen LogP contribution in [0.25, 0.3) is 0 Å². The summed E-state index contributed by atoms with van der Waals surface area (Å²) in [7, 11) is 0. The SMILES string of the molecule is O=C(CC1Sc2ccccc2NC1=O)Nc1ccc([N+](=O)[O-])cc1Cl. The van der Waals surface area contributed by atoms with Gasteiger partial charge in [-0.3, -0.25) is 19.7 Å². The number of hydrogen-bond acceptors (Lipinski definition) is 5. The summed E-state index contributed by atoms with van der Waals surface area (Å²) in [5.74, 6) is -0.642. The first kappa shape index (κ1) is 17.2. The zero-order chi connectivity index (χ0) is 18.0. The molecule has 3 rings (SSSR count). The van der Waals surface area contributed by atoms with Crippen LogP contribution in [0.15, 0.2) is 47.4 Å². The third-order valence-electron chi connectivity index (χ3n) is 3.51. The first-order valence-corrected chi connectivity index (χ1v) is 8.50. The third-order valence-corrected chi connectivity index (χ3v) is 5.10. The van der Waals surface area contributed by atoms with Crippen molar-refractivity contribution >= 4 is 52.2 Å². The van der Waals surface area contributed by atoms with Crippen LogP contribution in [0, 0.1) is 10.1 Å². The van der Waals surface area contributed by atoms with E-state index in [2.05, 4.69) is 10.6 Å². The predicted molar refractivity (Wildman–Crippen MR) is 96.1 cm³/mol. The molecule has 0 saturated heterocycles. The smallest absolute Gasteiger partial charge is 0.271 e. The van der Waals surface area contributed by atoms with Gasteiger partial charge in [-0.2, -0.15) is 0 Å². The van der Waals surface area contributed by atoms with Gasteiger partial charge in [-0.1, -0.05) is 23.7 Å². The lowest BCUT2D eigenvalue weighted by Crippen LogP contribution is -2.32.